The fourth-order valence-corrected chi connectivity index (χ4v) is 5.39. The molecule has 9 nitrogen and oxygen atoms in total. The third kappa shape index (κ3) is 4.47. The Bertz CT molecular complexity index is 1110. The fraction of sp³-hybridized carbons (Fsp3) is 0.364. The number of rotatable bonds is 6. The Morgan fingerprint density at radius 3 is 2.41 bits per heavy atom. The molecule has 2 aliphatic heterocycles. The molecule has 4 rings (SSSR count). The van der Waals surface area contributed by atoms with Gasteiger partial charge in [0.05, 0.1) is 20.3 Å². The Balaban J connectivity index is 1.53. The summed E-state index contributed by atoms with van der Waals surface area (Å²) in [5.41, 5.74) is 1.49. The average Bonchev–Trinajstić information content (AvgIpc) is 3.25. The molecular weight excluding hydrogens is 434 g/mol. The van der Waals surface area contributed by atoms with Gasteiger partial charge in [-0.05, 0) is 48.9 Å². The van der Waals surface area contributed by atoms with Crippen molar-refractivity contribution in [3.8, 4) is 5.75 Å². The predicted octanol–water partition coefficient (Wildman–Crippen LogP) is 2.10. The smallest absolute Gasteiger partial charge is 0.255 e. The second kappa shape index (κ2) is 9.27. The van der Waals surface area contributed by atoms with Crippen LogP contribution in [0.4, 0.5) is 11.4 Å². The molecule has 32 heavy (non-hydrogen) atoms. The summed E-state index contributed by atoms with van der Waals surface area (Å²) in [6.45, 7) is 1.85. The largest absolute Gasteiger partial charge is 0.495 e. The van der Waals surface area contributed by atoms with Crippen LogP contribution in [-0.2, 0) is 19.6 Å². The van der Waals surface area contributed by atoms with Crippen molar-refractivity contribution in [3.05, 3.63) is 48.0 Å². The summed E-state index contributed by atoms with van der Waals surface area (Å²) in [6.07, 6.45) is 1.36. The molecule has 0 unspecified atom stereocenters. The van der Waals surface area contributed by atoms with E-state index < -0.39 is 10.0 Å². The van der Waals surface area contributed by atoms with Crippen LogP contribution in [0.15, 0.2) is 47.4 Å². The van der Waals surface area contributed by atoms with Gasteiger partial charge in [-0.2, -0.15) is 4.31 Å². The molecule has 2 aliphatic rings. The number of sulfonamides is 1. The SMILES string of the molecule is COc1ccc(NC(=O)c2ccc(N3CCCC3=O)cc2)cc1S(=O)(=O)N1CCOCC1. The maximum absolute atomic E-state index is 13.1. The predicted molar refractivity (Wildman–Crippen MR) is 119 cm³/mol. The minimum atomic E-state index is -3.81. The number of benzene rings is 2. The number of methoxy groups -OCH3 is 1. The van der Waals surface area contributed by atoms with E-state index in [2.05, 4.69) is 5.32 Å². The maximum Gasteiger partial charge on any atom is 0.255 e. The highest BCUT2D eigenvalue weighted by Crippen LogP contribution is 2.30. The van der Waals surface area contributed by atoms with E-state index in [-0.39, 0.29) is 35.5 Å². The van der Waals surface area contributed by atoms with E-state index in [4.69, 9.17) is 9.47 Å². The highest BCUT2D eigenvalue weighted by molar-refractivity contribution is 7.89. The van der Waals surface area contributed by atoms with Gasteiger partial charge in [0.15, 0.2) is 0 Å². The number of carbonyl (C=O) groups excluding carboxylic acids is 2. The Hall–Kier alpha value is -2.95. The summed E-state index contributed by atoms with van der Waals surface area (Å²) >= 11 is 0. The number of ether oxygens (including phenoxy) is 2. The quantitative estimate of drug-likeness (QED) is 0.709. The monoisotopic (exact) mass is 459 g/mol. The van der Waals surface area contributed by atoms with Crippen LogP contribution < -0.4 is 15.0 Å². The fourth-order valence-electron chi connectivity index (χ4n) is 3.80. The molecule has 2 fully saturated rings. The number of hydrogen-bond acceptors (Lipinski definition) is 6. The molecule has 0 aliphatic carbocycles. The standard InChI is InChI=1S/C22H25N3O6S/c1-30-19-9-6-17(15-20(19)32(28,29)24-11-13-31-14-12-24)23-22(27)16-4-7-18(8-5-16)25-10-2-3-21(25)26/h4-9,15H,2-3,10-14H2,1H3,(H,23,27). The molecule has 10 heteroatoms. The van der Waals surface area contributed by atoms with Gasteiger partial charge < -0.3 is 19.7 Å². The first-order chi connectivity index (χ1) is 15.4. The molecule has 2 aromatic carbocycles. The van der Waals surface area contributed by atoms with Crippen LogP contribution in [0.2, 0.25) is 0 Å². The topological polar surface area (TPSA) is 105 Å². The first kappa shape index (κ1) is 22.3. The lowest BCUT2D eigenvalue weighted by molar-refractivity contribution is -0.117. The van der Waals surface area contributed by atoms with Crippen molar-refractivity contribution >= 4 is 33.2 Å². The third-order valence-electron chi connectivity index (χ3n) is 5.52. The molecule has 170 valence electrons. The van der Waals surface area contributed by atoms with Gasteiger partial charge in [0.1, 0.15) is 10.6 Å². The van der Waals surface area contributed by atoms with Crippen molar-refractivity contribution in [1.82, 2.24) is 4.31 Å². The minimum absolute atomic E-state index is 0.0115. The zero-order valence-corrected chi connectivity index (χ0v) is 18.6. The van der Waals surface area contributed by atoms with Gasteiger partial charge in [0.25, 0.3) is 5.91 Å². The molecule has 0 bridgehead atoms. The van der Waals surface area contributed by atoms with Crippen LogP contribution in [0.5, 0.6) is 5.75 Å². The zero-order valence-electron chi connectivity index (χ0n) is 17.7. The van der Waals surface area contributed by atoms with Crippen molar-refractivity contribution in [2.24, 2.45) is 0 Å². The zero-order chi connectivity index (χ0) is 22.7. The lowest BCUT2D eigenvalue weighted by Crippen LogP contribution is -2.40. The van der Waals surface area contributed by atoms with E-state index in [0.717, 1.165) is 12.1 Å². The lowest BCUT2D eigenvalue weighted by Gasteiger charge is -2.26. The number of nitrogens with one attached hydrogen (secondary N) is 1. The number of anilines is 2. The second-order valence-corrected chi connectivity index (χ2v) is 9.44. The first-order valence-corrected chi connectivity index (χ1v) is 11.8. The molecule has 0 radical (unpaired) electrons. The Kier molecular flexibility index (Phi) is 6.45. The molecule has 0 spiro atoms. The van der Waals surface area contributed by atoms with Crippen molar-refractivity contribution < 1.29 is 27.5 Å². The molecule has 1 N–H and O–H groups in total. The van der Waals surface area contributed by atoms with Gasteiger partial charge in [0, 0.05) is 43.0 Å². The van der Waals surface area contributed by atoms with E-state index >= 15 is 0 Å². The highest BCUT2D eigenvalue weighted by Gasteiger charge is 2.29. The van der Waals surface area contributed by atoms with Gasteiger partial charge >= 0.3 is 0 Å². The number of carbonyl (C=O) groups is 2. The average molecular weight is 460 g/mol. The van der Waals surface area contributed by atoms with Gasteiger partial charge in [0.2, 0.25) is 15.9 Å². The van der Waals surface area contributed by atoms with Crippen molar-refractivity contribution in [2.75, 3.05) is 50.2 Å². The summed E-state index contributed by atoms with van der Waals surface area (Å²) in [4.78, 5) is 26.3. The van der Waals surface area contributed by atoms with E-state index in [1.165, 1.54) is 23.5 Å². The summed E-state index contributed by atoms with van der Waals surface area (Å²) in [5, 5.41) is 2.74. The minimum Gasteiger partial charge on any atom is -0.495 e. The van der Waals surface area contributed by atoms with Crippen LogP contribution in [0, 0.1) is 0 Å². The Labute approximate surface area is 187 Å². The molecule has 2 aromatic rings. The molecular formula is C22H25N3O6S. The van der Waals surface area contributed by atoms with E-state index in [1.807, 2.05) is 0 Å². The van der Waals surface area contributed by atoms with Gasteiger partial charge in [-0.3, -0.25) is 9.59 Å². The first-order valence-electron chi connectivity index (χ1n) is 10.4. The summed E-state index contributed by atoms with van der Waals surface area (Å²) in [6, 6.07) is 11.3. The summed E-state index contributed by atoms with van der Waals surface area (Å²) < 4.78 is 38.1. The van der Waals surface area contributed by atoms with Gasteiger partial charge in [-0.1, -0.05) is 0 Å². The number of hydrogen-bond donors (Lipinski definition) is 1. The molecule has 2 amide bonds. The number of amides is 2. The van der Waals surface area contributed by atoms with Crippen LogP contribution >= 0.6 is 0 Å². The van der Waals surface area contributed by atoms with E-state index in [9.17, 15) is 18.0 Å². The normalized spacial score (nSPS) is 17.4. The second-order valence-electron chi connectivity index (χ2n) is 7.53. The Morgan fingerprint density at radius 1 is 1.06 bits per heavy atom. The van der Waals surface area contributed by atoms with Crippen molar-refractivity contribution in [2.45, 2.75) is 17.7 Å². The third-order valence-corrected chi connectivity index (χ3v) is 7.44. The molecule has 0 aromatic heterocycles. The number of nitrogens with zero attached hydrogens (tertiary/aromatic N) is 2. The van der Waals surface area contributed by atoms with Gasteiger partial charge in [-0.15, -0.1) is 0 Å². The molecule has 0 saturated carbocycles. The number of morpholine rings is 1. The van der Waals surface area contributed by atoms with Crippen molar-refractivity contribution in [1.29, 1.82) is 0 Å². The molecule has 0 atom stereocenters. The summed E-state index contributed by atoms with van der Waals surface area (Å²) in [5.74, 6) is -0.104. The van der Waals surface area contributed by atoms with Crippen LogP contribution in [0.25, 0.3) is 0 Å². The van der Waals surface area contributed by atoms with Crippen molar-refractivity contribution in [3.63, 3.8) is 0 Å². The van der Waals surface area contributed by atoms with Gasteiger partial charge in [-0.25, -0.2) is 8.42 Å². The Morgan fingerprint density at radius 2 is 1.78 bits per heavy atom. The van der Waals surface area contributed by atoms with Crippen LogP contribution in [0.1, 0.15) is 23.2 Å². The van der Waals surface area contributed by atoms with Crippen LogP contribution in [-0.4, -0.2) is 64.5 Å². The lowest BCUT2D eigenvalue weighted by atomic mass is 10.1. The summed E-state index contributed by atoms with van der Waals surface area (Å²) in [7, 11) is -2.41. The molecule has 2 heterocycles. The molecule has 2 saturated heterocycles. The van der Waals surface area contributed by atoms with E-state index in [1.54, 1.807) is 35.2 Å². The van der Waals surface area contributed by atoms with E-state index in [0.29, 0.717) is 37.4 Å². The maximum atomic E-state index is 13.1. The highest BCUT2D eigenvalue weighted by atomic mass is 32.2. The van der Waals surface area contributed by atoms with Crippen LogP contribution in [0.3, 0.4) is 0 Å².